The van der Waals surface area contributed by atoms with E-state index in [1.165, 1.54) is 6.08 Å². The summed E-state index contributed by atoms with van der Waals surface area (Å²) in [5.74, 6) is -0.706. The monoisotopic (exact) mass is 206 g/mol. The lowest BCUT2D eigenvalue weighted by Gasteiger charge is -1.97. The molecule has 0 radical (unpaired) electrons. The van der Waals surface area contributed by atoms with Crippen LogP contribution in [-0.4, -0.2) is 26.7 Å². The van der Waals surface area contributed by atoms with Crippen LogP contribution in [0.3, 0.4) is 0 Å². The molecule has 2 rings (SSSR count). The van der Waals surface area contributed by atoms with Gasteiger partial charge in [-0.05, 0) is 6.08 Å². The van der Waals surface area contributed by atoms with Crippen molar-refractivity contribution >= 4 is 23.6 Å². The van der Waals surface area contributed by atoms with Gasteiger partial charge in [0.05, 0.1) is 6.20 Å². The van der Waals surface area contributed by atoms with Crippen molar-refractivity contribution in [1.29, 1.82) is 0 Å². The maximum Gasteiger partial charge on any atom is 0.332 e. The number of aryl methyl sites for hydroxylation is 1. The molecular weight excluding hydrogens is 196 g/mol. The van der Waals surface area contributed by atoms with Crippen molar-refractivity contribution in [3.05, 3.63) is 17.5 Å². The first-order valence-corrected chi connectivity index (χ1v) is 4.37. The van der Waals surface area contributed by atoms with E-state index in [2.05, 4.69) is 10.1 Å². The first-order chi connectivity index (χ1) is 7.06. The van der Waals surface area contributed by atoms with E-state index >= 15 is 0 Å². The SMILES string of the molecule is Cn1cc2c(n1)C=C(C(=O)O)CC(N)=N2. The zero-order valence-corrected chi connectivity index (χ0v) is 8.14. The molecule has 0 spiro atoms. The molecule has 0 bridgehead atoms. The number of rotatable bonds is 1. The van der Waals surface area contributed by atoms with Crippen LogP contribution in [0, 0.1) is 0 Å². The molecule has 15 heavy (non-hydrogen) atoms. The van der Waals surface area contributed by atoms with Crippen LogP contribution in [0.25, 0.3) is 6.08 Å². The van der Waals surface area contributed by atoms with Crippen molar-refractivity contribution < 1.29 is 9.90 Å². The molecule has 1 aromatic heterocycles. The van der Waals surface area contributed by atoms with Crippen molar-refractivity contribution in [2.24, 2.45) is 17.8 Å². The van der Waals surface area contributed by atoms with Gasteiger partial charge in [0.2, 0.25) is 0 Å². The minimum Gasteiger partial charge on any atom is -0.478 e. The molecule has 1 aliphatic rings. The summed E-state index contributed by atoms with van der Waals surface area (Å²) in [7, 11) is 1.74. The lowest BCUT2D eigenvalue weighted by atomic mass is 10.1. The Labute approximate surface area is 85.7 Å². The van der Waals surface area contributed by atoms with Crippen molar-refractivity contribution in [2.45, 2.75) is 6.42 Å². The number of carboxylic acids is 1. The highest BCUT2D eigenvalue weighted by molar-refractivity contribution is 6.01. The third-order valence-corrected chi connectivity index (χ3v) is 2.06. The number of aliphatic carboxylic acids is 1. The predicted molar refractivity (Wildman–Crippen MR) is 54.7 cm³/mol. The Morgan fingerprint density at radius 3 is 3.07 bits per heavy atom. The largest absolute Gasteiger partial charge is 0.478 e. The van der Waals surface area contributed by atoms with E-state index in [1.54, 1.807) is 17.9 Å². The Morgan fingerprint density at radius 2 is 2.40 bits per heavy atom. The van der Waals surface area contributed by atoms with Crippen LogP contribution in [0.1, 0.15) is 12.1 Å². The lowest BCUT2D eigenvalue weighted by molar-refractivity contribution is -0.132. The minimum absolute atomic E-state index is 0.148. The zero-order chi connectivity index (χ0) is 11.0. The van der Waals surface area contributed by atoms with Gasteiger partial charge in [0.25, 0.3) is 0 Å². The van der Waals surface area contributed by atoms with Crippen molar-refractivity contribution in [2.75, 3.05) is 0 Å². The van der Waals surface area contributed by atoms with Gasteiger partial charge < -0.3 is 10.8 Å². The van der Waals surface area contributed by atoms with E-state index in [9.17, 15) is 4.79 Å². The Balaban J connectivity index is 2.56. The second-order valence-corrected chi connectivity index (χ2v) is 3.33. The number of aliphatic imine (C=N–C) groups is 1. The summed E-state index contributed by atoms with van der Waals surface area (Å²) in [5, 5.41) is 13.0. The molecule has 6 heteroatoms. The van der Waals surface area contributed by atoms with Gasteiger partial charge in [-0.25, -0.2) is 9.79 Å². The highest BCUT2D eigenvalue weighted by atomic mass is 16.4. The Kier molecular flexibility index (Phi) is 2.03. The zero-order valence-electron chi connectivity index (χ0n) is 8.14. The van der Waals surface area contributed by atoms with E-state index in [-0.39, 0.29) is 17.8 Å². The van der Waals surface area contributed by atoms with Crippen LogP contribution < -0.4 is 5.73 Å². The molecule has 0 unspecified atom stereocenters. The Bertz CT molecular complexity index is 484. The molecular formula is C9H10N4O2. The summed E-state index contributed by atoms with van der Waals surface area (Å²) in [5.41, 5.74) is 6.94. The molecule has 0 atom stereocenters. The van der Waals surface area contributed by atoms with E-state index in [0.29, 0.717) is 11.4 Å². The van der Waals surface area contributed by atoms with Crippen molar-refractivity contribution in [3.8, 4) is 0 Å². The normalized spacial score (nSPS) is 15.0. The number of aromatic nitrogens is 2. The lowest BCUT2D eigenvalue weighted by Crippen LogP contribution is -2.14. The summed E-state index contributed by atoms with van der Waals surface area (Å²) >= 11 is 0. The highest BCUT2D eigenvalue weighted by Crippen LogP contribution is 2.24. The minimum atomic E-state index is -0.994. The molecule has 1 aliphatic heterocycles. The van der Waals surface area contributed by atoms with Gasteiger partial charge in [-0.1, -0.05) is 0 Å². The average Bonchev–Trinajstić information content (AvgIpc) is 2.37. The summed E-state index contributed by atoms with van der Waals surface area (Å²) in [6.45, 7) is 0. The number of amidine groups is 1. The number of carboxylic acid groups (broad SMARTS) is 1. The van der Waals surface area contributed by atoms with Gasteiger partial charge in [0.15, 0.2) is 0 Å². The number of nitrogens with zero attached hydrogens (tertiary/aromatic N) is 3. The fourth-order valence-electron chi connectivity index (χ4n) is 1.42. The van der Waals surface area contributed by atoms with Gasteiger partial charge in [-0.15, -0.1) is 0 Å². The van der Waals surface area contributed by atoms with Gasteiger partial charge >= 0.3 is 5.97 Å². The van der Waals surface area contributed by atoms with E-state index in [1.807, 2.05) is 0 Å². The molecule has 2 heterocycles. The van der Waals surface area contributed by atoms with Crippen LogP contribution in [0.4, 0.5) is 5.69 Å². The highest BCUT2D eigenvalue weighted by Gasteiger charge is 2.16. The second kappa shape index (κ2) is 3.23. The number of hydrogen-bond acceptors (Lipinski definition) is 4. The first kappa shape index (κ1) is 9.45. The molecule has 1 aromatic rings. The molecule has 6 nitrogen and oxygen atoms in total. The van der Waals surface area contributed by atoms with Gasteiger partial charge in [0.1, 0.15) is 17.2 Å². The van der Waals surface area contributed by atoms with Crippen LogP contribution in [0.2, 0.25) is 0 Å². The molecule has 0 amide bonds. The van der Waals surface area contributed by atoms with Crippen LogP contribution in [0.15, 0.2) is 16.8 Å². The molecule has 78 valence electrons. The van der Waals surface area contributed by atoms with E-state index in [0.717, 1.165) is 0 Å². The van der Waals surface area contributed by atoms with Crippen LogP contribution in [0.5, 0.6) is 0 Å². The van der Waals surface area contributed by atoms with Crippen molar-refractivity contribution in [1.82, 2.24) is 9.78 Å². The van der Waals surface area contributed by atoms with Crippen LogP contribution >= 0.6 is 0 Å². The van der Waals surface area contributed by atoms with E-state index < -0.39 is 5.97 Å². The predicted octanol–water partition coefficient (Wildman–Crippen LogP) is 0.281. The molecule has 3 N–H and O–H groups in total. The number of fused-ring (bicyclic) bond motifs is 1. The van der Waals surface area contributed by atoms with Gasteiger partial charge in [-0.3, -0.25) is 4.68 Å². The Hall–Kier alpha value is -2.11. The molecule has 0 saturated heterocycles. The number of hydrogen-bond donors (Lipinski definition) is 2. The summed E-state index contributed by atoms with van der Waals surface area (Å²) in [4.78, 5) is 14.9. The van der Waals surface area contributed by atoms with Crippen molar-refractivity contribution in [3.63, 3.8) is 0 Å². The maximum atomic E-state index is 10.9. The first-order valence-electron chi connectivity index (χ1n) is 4.37. The van der Waals surface area contributed by atoms with E-state index in [4.69, 9.17) is 10.8 Å². The summed E-state index contributed by atoms with van der Waals surface area (Å²) in [6, 6.07) is 0. The maximum absolute atomic E-state index is 10.9. The smallest absolute Gasteiger partial charge is 0.332 e. The molecule has 0 saturated carbocycles. The standard InChI is InChI=1S/C9H10N4O2/c1-13-4-7-6(12-13)2-5(9(14)15)3-8(10)11-7/h2,4H,3H2,1H3,(H2,10,11)(H,14,15). The van der Waals surface area contributed by atoms with Gasteiger partial charge in [0, 0.05) is 19.0 Å². The quantitative estimate of drug-likeness (QED) is 0.690. The third-order valence-electron chi connectivity index (χ3n) is 2.06. The van der Waals surface area contributed by atoms with Gasteiger partial charge in [-0.2, -0.15) is 5.10 Å². The van der Waals surface area contributed by atoms with Crippen LogP contribution in [-0.2, 0) is 11.8 Å². The fourth-order valence-corrected chi connectivity index (χ4v) is 1.42. The molecule has 0 aromatic carbocycles. The molecule has 0 aliphatic carbocycles. The molecule has 0 fully saturated rings. The number of carbonyl (C=O) groups is 1. The fraction of sp³-hybridized carbons (Fsp3) is 0.222. The Morgan fingerprint density at radius 1 is 1.67 bits per heavy atom. The third kappa shape index (κ3) is 1.74. The average molecular weight is 206 g/mol. The number of nitrogens with two attached hydrogens (primary N) is 1. The summed E-state index contributed by atoms with van der Waals surface area (Å²) in [6.07, 6.45) is 3.35. The summed E-state index contributed by atoms with van der Waals surface area (Å²) < 4.78 is 1.57. The topological polar surface area (TPSA) is 93.5 Å². The second-order valence-electron chi connectivity index (χ2n) is 3.33.